The molecule has 0 radical (unpaired) electrons. The number of Topliss-reactive ketones (excluding diaryl/α,β-unsaturated/α-hetero) is 1. The zero-order chi connectivity index (χ0) is 26.5. The summed E-state index contributed by atoms with van der Waals surface area (Å²) >= 11 is 0. The predicted octanol–water partition coefficient (Wildman–Crippen LogP) is 5.28. The van der Waals surface area contributed by atoms with E-state index in [0.717, 1.165) is 16.0 Å². The third-order valence-electron chi connectivity index (χ3n) is 5.93. The van der Waals surface area contributed by atoms with Crippen molar-refractivity contribution in [1.82, 2.24) is 4.98 Å². The van der Waals surface area contributed by atoms with Crippen LogP contribution in [-0.4, -0.2) is 40.3 Å². The van der Waals surface area contributed by atoms with E-state index < -0.39 is 18.6 Å². The smallest absolute Gasteiger partial charge is 0.420 e. The molecule has 3 aromatic carbocycles. The van der Waals surface area contributed by atoms with E-state index in [4.69, 9.17) is 15.9 Å². The van der Waals surface area contributed by atoms with E-state index in [1.165, 1.54) is 0 Å². The maximum Gasteiger partial charge on any atom is 0.420 e. The monoisotopic (exact) mass is 626 g/mol. The number of carboxylic acid groups (broad SMARTS) is 1. The Morgan fingerprint density at radius 2 is 1.71 bits per heavy atom. The number of amides is 1. The lowest BCUT2D eigenvalue weighted by Gasteiger charge is -2.20. The van der Waals surface area contributed by atoms with Crippen LogP contribution in [0, 0.1) is 12.3 Å². The van der Waals surface area contributed by atoms with E-state index in [1.807, 2.05) is 19.1 Å². The number of nitrogens with one attached hydrogen (secondary N) is 2. The van der Waals surface area contributed by atoms with Gasteiger partial charge in [0.05, 0.1) is 0 Å². The summed E-state index contributed by atoms with van der Waals surface area (Å²) in [6.07, 6.45) is -0.0708. The molecular weight excluding hydrogens is 599 g/mol. The molecule has 0 saturated heterocycles. The minimum Gasteiger partial charge on any atom is -0.480 e. The quantitative estimate of drug-likeness (QED) is 0.0860. The fourth-order valence-electron chi connectivity index (χ4n) is 4.12. The number of para-hydroxylation sites is 1. The van der Waals surface area contributed by atoms with E-state index in [0.29, 0.717) is 34.3 Å². The first kappa shape index (κ1) is 28.4. The van der Waals surface area contributed by atoms with Crippen molar-refractivity contribution < 1.29 is 24.2 Å². The van der Waals surface area contributed by atoms with Crippen molar-refractivity contribution in [2.45, 2.75) is 19.8 Å². The van der Waals surface area contributed by atoms with Crippen LogP contribution in [0.2, 0.25) is 0 Å². The number of aromatic amines is 1. The van der Waals surface area contributed by atoms with E-state index >= 15 is 0 Å². The molecule has 0 unspecified atom stereocenters. The second-order valence-electron chi connectivity index (χ2n) is 8.55. The Balaban J connectivity index is 0.00000400. The molecule has 196 valence electrons. The summed E-state index contributed by atoms with van der Waals surface area (Å²) in [4.78, 5) is 41.6. The number of nitrogens with two attached hydrogens (primary N) is 1. The Labute approximate surface area is 236 Å². The highest BCUT2D eigenvalue weighted by molar-refractivity contribution is 14.0. The van der Waals surface area contributed by atoms with Gasteiger partial charge in [0.15, 0.2) is 5.78 Å². The summed E-state index contributed by atoms with van der Waals surface area (Å²) < 4.78 is 5.51. The number of benzene rings is 3. The molecule has 0 bridgehead atoms. The molecule has 9 nitrogen and oxygen atoms in total. The van der Waals surface area contributed by atoms with Crippen LogP contribution in [0.15, 0.2) is 72.8 Å². The standard InChI is InChI=1S/C28H26N4O5.HI/c1-17-26(24(33)14-9-18-7-10-19(11-8-18)27(29)30)22-15-21(12-13-23(22)31-17)37-28(36)32(16-25(34)35)20-5-3-2-4-6-20;/h2-8,10-13,15,31H,9,14,16H2,1H3,(H3,29,30)(H,34,35);1H. The lowest BCUT2D eigenvalue weighted by atomic mass is 9.99. The number of amidine groups is 1. The number of carbonyl (C=O) groups excluding carboxylic acids is 2. The Hall–Kier alpha value is -4.19. The Bertz CT molecular complexity index is 1480. The van der Waals surface area contributed by atoms with Crippen LogP contribution < -0.4 is 15.4 Å². The fraction of sp³-hybridized carbons (Fsp3) is 0.143. The first-order valence-corrected chi connectivity index (χ1v) is 11.6. The van der Waals surface area contributed by atoms with Crippen molar-refractivity contribution in [3.63, 3.8) is 0 Å². The van der Waals surface area contributed by atoms with E-state index in [9.17, 15) is 19.5 Å². The van der Waals surface area contributed by atoms with Crippen LogP contribution in [0.25, 0.3) is 10.9 Å². The third-order valence-corrected chi connectivity index (χ3v) is 5.93. The van der Waals surface area contributed by atoms with Gasteiger partial charge in [0.1, 0.15) is 18.1 Å². The molecule has 5 N–H and O–H groups in total. The lowest BCUT2D eigenvalue weighted by Crippen LogP contribution is -2.37. The number of anilines is 1. The maximum atomic E-state index is 13.2. The van der Waals surface area contributed by atoms with Crippen LogP contribution >= 0.6 is 24.0 Å². The largest absolute Gasteiger partial charge is 0.480 e. The number of rotatable bonds is 9. The predicted molar refractivity (Wildman–Crippen MR) is 156 cm³/mol. The van der Waals surface area contributed by atoms with E-state index in [2.05, 4.69) is 4.98 Å². The Morgan fingerprint density at radius 3 is 2.34 bits per heavy atom. The molecule has 0 fully saturated rings. The number of fused-ring (bicyclic) bond motifs is 1. The molecule has 0 spiro atoms. The number of aromatic nitrogens is 1. The first-order valence-electron chi connectivity index (χ1n) is 11.6. The lowest BCUT2D eigenvalue weighted by molar-refractivity contribution is -0.135. The SMILES string of the molecule is Cc1[nH]c2ccc(OC(=O)N(CC(=O)O)c3ccccc3)cc2c1C(=O)CCc1ccc(C(=N)N)cc1.I. The van der Waals surface area contributed by atoms with Gasteiger partial charge in [-0.15, -0.1) is 24.0 Å². The Morgan fingerprint density at radius 1 is 1.03 bits per heavy atom. The summed E-state index contributed by atoms with van der Waals surface area (Å²) in [6.45, 7) is 1.25. The molecule has 0 aliphatic carbocycles. The zero-order valence-corrected chi connectivity index (χ0v) is 22.9. The normalized spacial score (nSPS) is 10.4. The van der Waals surface area contributed by atoms with Crippen molar-refractivity contribution in [3.8, 4) is 5.75 Å². The third kappa shape index (κ3) is 6.57. The molecule has 0 atom stereocenters. The van der Waals surface area contributed by atoms with Gasteiger partial charge in [0.2, 0.25) is 0 Å². The number of aryl methyl sites for hydroxylation is 2. The topological polar surface area (TPSA) is 150 Å². The minimum atomic E-state index is -1.18. The number of hydrogen-bond acceptors (Lipinski definition) is 5. The highest BCUT2D eigenvalue weighted by Crippen LogP contribution is 2.28. The van der Waals surface area contributed by atoms with Gasteiger partial charge in [-0.3, -0.25) is 19.9 Å². The van der Waals surface area contributed by atoms with Gasteiger partial charge in [0, 0.05) is 39.8 Å². The van der Waals surface area contributed by atoms with Gasteiger partial charge < -0.3 is 20.6 Å². The van der Waals surface area contributed by atoms with Crippen LogP contribution in [0.4, 0.5) is 10.5 Å². The maximum absolute atomic E-state index is 13.2. The van der Waals surface area contributed by atoms with Crippen molar-refractivity contribution in [1.29, 1.82) is 5.41 Å². The summed E-state index contributed by atoms with van der Waals surface area (Å²) in [6, 6.07) is 20.5. The summed E-state index contributed by atoms with van der Waals surface area (Å²) in [5.41, 5.74) is 9.39. The van der Waals surface area contributed by atoms with Crippen molar-refractivity contribution in [3.05, 3.63) is 95.2 Å². The van der Waals surface area contributed by atoms with Gasteiger partial charge in [-0.05, 0) is 49.2 Å². The summed E-state index contributed by atoms with van der Waals surface area (Å²) in [7, 11) is 0. The van der Waals surface area contributed by atoms with Crippen LogP contribution in [0.1, 0.15) is 33.6 Å². The van der Waals surface area contributed by atoms with Crippen molar-refractivity contribution in [2.75, 3.05) is 11.4 Å². The number of H-pyrrole nitrogens is 1. The molecule has 0 aliphatic rings. The number of aliphatic carboxylic acids is 1. The highest BCUT2D eigenvalue weighted by Gasteiger charge is 2.22. The van der Waals surface area contributed by atoms with Gasteiger partial charge >= 0.3 is 12.1 Å². The zero-order valence-electron chi connectivity index (χ0n) is 20.6. The first-order chi connectivity index (χ1) is 17.7. The molecule has 4 rings (SSSR count). The number of ether oxygens (including phenoxy) is 1. The molecule has 0 aliphatic heterocycles. The molecule has 0 saturated carbocycles. The number of hydrogen-bond donors (Lipinski definition) is 4. The van der Waals surface area contributed by atoms with Crippen molar-refractivity contribution in [2.24, 2.45) is 5.73 Å². The minimum absolute atomic E-state index is 0. The second-order valence-corrected chi connectivity index (χ2v) is 8.55. The molecule has 1 heterocycles. The average molecular weight is 626 g/mol. The Kier molecular flexibility index (Phi) is 9.24. The number of nitrogen functional groups attached to an aromatic ring is 1. The second kappa shape index (κ2) is 12.4. The molecule has 10 heteroatoms. The van der Waals surface area contributed by atoms with Gasteiger partial charge in [-0.2, -0.15) is 0 Å². The van der Waals surface area contributed by atoms with Crippen LogP contribution in [0.3, 0.4) is 0 Å². The number of carboxylic acids is 1. The van der Waals surface area contributed by atoms with Crippen LogP contribution in [0.5, 0.6) is 5.75 Å². The number of carbonyl (C=O) groups is 3. The molecule has 38 heavy (non-hydrogen) atoms. The summed E-state index contributed by atoms with van der Waals surface area (Å²) in [5, 5.41) is 17.4. The highest BCUT2D eigenvalue weighted by atomic mass is 127. The van der Waals surface area contributed by atoms with Gasteiger partial charge in [-0.25, -0.2) is 4.79 Å². The molecule has 1 amide bonds. The van der Waals surface area contributed by atoms with E-state index in [1.54, 1.807) is 60.7 Å². The number of ketones is 1. The molecule has 4 aromatic rings. The van der Waals surface area contributed by atoms with E-state index in [-0.39, 0.29) is 47.8 Å². The summed E-state index contributed by atoms with van der Waals surface area (Å²) in [5.74, 6) is -1.07. The molecule has 1 aromatic heterocycles. The van der Waals surface area contributed by atoms with Gasteiger partial charge in [-0.1, -0.05) is 42.5 Å². The molecular formula is C28H27IN4O5. The van der Waals surface area contributed by atoms with Crippen LogP contribution in [-0.2, 0) is 11.2 Å². The fourth-order valence-corrected chi connectivity index (χ4v) is 4.12. The van der Waals surface area contributed by atoms with Crippen molar-refractivity contribution >= 4 is 64.2 Å². The van der Waals surface area contributed by atoms with Gasteiger partial charge in [0.25, 0.3) is 0 Å². The number of nitrogens with zero attached hydrogens (tertiary/aromatic N) is 1. The average Bonchev–Trinajstić information content (AvgIpc) is 3.21. The number of halogens is 1.